The van der Waals surface area contributed by atoms with Gasteiger partial charge in [-0.05, 0) is 76.2 Å². The molecule has 0 unspecified atom stereocenters. The predicted octanol–water partition coefficient (Wildman–Crippen LogP) is 5.77. The molecule has 1 fully saturated rings. The quantitative estimate of drug-likeness (QED) is 0.293. The number of fused-ring (bicyclic) bond motifs is 2. The first kappa shape index (κ1) is 22.5. The van der Waals surface area contributed by atoms with Crippen LogP contribution in [0.1, 0.15) is 32.7 Å². The maximum Gasteiger partial charge on any atom is 0.229 e. The van der Waals surface area contributed by atoms with Crippen LogP contribution in [0.4, 0.5) is 11.6 Å². The first-order chi connectivity index (χ1) is 17.7. The van der Waals surface area contributed by atoms with Crippen LogP contribution in [0.15, 0.2) is 61.1 Å². The van der Waals surface area contributed by atoms with Gasteiger partial charge in [-0.25, -0.2) is 9.97 Å². The van der Waals surface area contributed by atoms with Gasteiger partial charge in [-0.2, -0.15) is 4.98 Å². The molecule has 5 aromatic rings. The van der Waals surface area contributed by atoms with E-state index in [1.165, 1.54) is 25.9 Å². The molecule has 2 aromatic carbocycles. The highest BCUT2D eigenvalue weighted by atomic mass is 16.5. The number of H-pyrrole nitrogens is 1. The summed E-state index contributed by atoms with van der Waals surface area (Å²) in [7, 11) is 0. The molecule has 3 aromatic heterocycles. The Morgan fingerprint density at radius 3 is 2.67 bits per heavy atom. The Morgan fingerprint density at radius 2 is 1.86 bits per heavy atom. The number of likely N-dealkylation sites (tertiary alicyclic amines) is 1. The number of hydrogen-bond acceptors (Lipinski definition) is 6. The first-order valence-electron chi connectivity index (χ1n) is 12.7. The van der Waals surface area contributed by atoms with E-state index < -0.39 is 0 Å². The molecule has 1 aliphatic heterocycles. The van der Waals surface area contributed by atoms with Gasteiger partial charge in [-0.15, -0.1) is 0 Å². The van der Waals surface area contributed by atoms with Gasteiger partial charge in [0, 0.05) is 35.4 Å². The van der Waals surface area contributed by atoms with E-state index in [9.17, 15) is 0 Å². The van der Waals surface area contributed by atoms with Gasteiger partial charge in [0.2, 0.25) is 5.95 Å². The zero-order chi connectivity index (χ0) is 24.5. The van der Waals surface area contributed by atoms with Crippen molar-refractivity contribution in [3.63, 3.8) is 0 Å². The van der Waals surface area contributed by atoms with Gasteiger partial charge in [0.05, 0.1) is 23.1 Å². The molecule has 4 heterocycles. The number of imidazole rings is 1. The van der Waals surface area contributed by atoms with Crippen molar-refractivity contribution < 1.29 is 4.74 Å². The van der Waals surface area contributed by atoms with Crippen LogP contribution in [-0.2, 0) is 0 Å². The normalized spacial score (nSPS) is 14.3. The summed E-state index contributed by atoms with van der Waals surface area (Å²) in [4.78, 5) is 20.0. The monoisotopic (exact) mass is 481 g/mol. The first-order valence-corrected chi connectivity index (χ1v) is 12.7. The maximum atomic E-state index is 5.95. The van der Waals surface area contributed by atoms with Crippen LogP contribution in [0.3, 0.4) is 0 Å². The fourth-order valence-electron chi connectivity index (χ4n) is 4.94. The highest BCUT2D eigenvalue weighted by molar-refractivity contribution is 6.00. The Morgan fingerprint density at radius 1 is 1.03 bits per heavy atom. The minimum atomic E-state index is 0.286. The lowest BCUT2D eigenvalue weighted by Gasteiger charge is -2.15. The molecular formula is C28H31N7O. The lowest BCUT2D eigenvalue weighted by atomic mass is 10.1. The Hall–Kier alpha value is -3.91. The van der Waals surface area contributed by atoms with Crippen molar-refractivity contribution >= 4 is 33.7 Å². The van der Waals surface area contributed by atoms with E-state index >= 15 is 0 Å². The number of rotatable bonds is 8. The Bertz CT molecular complexity index is 1480. The van der Waals surface area contributed by atoms with Crippen molar-refractivity contribution in [3.8, 4) is 17.0 Å². The van der Waals surface area contributed by atoms with Gasteiger partial charge in [0.25, 0.3) is 0 Å². The number of para-hydroxylation sites is 1. The lowest BCUT2D eigenvalue weighted by molar-refractivity contribution is 0.238. The number of nitrogens with zero attached hydrogens (tertiary/aromatic N) is 5. The zero-order valence-corrected chi connectivity index (χ0v) is 20.7. The van der Waals surface area contributed by atoms with Crippen molar-refractivity contribution in [2.24, 2.45) is 0 Å². The molecule has 1 saturated heterocycles. The molecule has 0 bridgehead atoms. The highest BCUT2D eigenvalue weighted by Crippen LogP contribution is 2.34. The van der Waals surface area contributed by atoms with E-state index in [2.05, 4.69) is 44.7 Å². The summed E-state index contributed by atoms with van der Waals surface area (Å²) in [6, 6.07) is 16.5. The van der Waals surface area contributed by atoms with Crippen molar-refractivity contribution in [1.29, 1.82) is 0 Å². The van der Waals surface area contributed by atoms with Crippen LogP contribution in [0.25, 0.3) is 33.3 Å². The van der Waals surface area contributed by atoms with Crippen molar-refractivity contribution in [1.82, 2.24) is 29.4 Å². The van der Waals surface area contributed by atoms with Gasteiger partial charge >= 0.3 is 0 Å². The van der Waals surface area contributed by atoms with Gasteiger partial charge in [-0.1, -0.05) is 12.1 Å². The molecule has 1 aliphatic rings. The summed E-state index contributed by atoms with van der Waals surface area (Å²) >= 11 is 0. The molecule has 8 nitrogen and oxygen atoms in total. The van der Waals surface area contributed by atoms with Crippen molar-refractivity contribution in [2.75, 3.05) is 31.6 Å². The number of aromatic nitrogens is 5. The van der Waals surface area contributed by atoms with E-state index in [1.807, 2.05) is 55.0 Å². The second-order valence-electron chi connectivity index (χ2n) is 9.60. The third kappa shape index (κ3) is 4.40. The molecule has 184 valence electrons. The van der Waals surface area contributed by atoms with Gasteiger partial charge in [0.15, 0.2) is 0 Å². The SMILES string of the molecule is CC(C)n1cnc2cccc(-c3nc(Nc4ccc(OCCN5CCCC5)cc4)nc4[nH]ccc34)c21. The number of ether oxygens (including phenoxy) is 1. The molecule has 0 spiro atoms. The van der Waals surface area contributed by atoms with Crippen molar-refractivity contribution in [3.05, 3.63) is 61.1 Å². The number of anilines is 2. The fraction of sp³-hybridized carbons (Fsp3) is 0.321. The Balaban J connectivity index is 1.27. The van der Waals surface area contributed by atoms with Gasteiger partial charge in [0.1, 0.15) is 18.0 Å². The summed E-state index contributed by atoms with van der Waals surface area (Å²) in [5.41, 5.74) is 5.64. The summed E-state index contributed by atoms with van der Waals surface area (Å²) in [6.45, 7) is 8.39. The van der Waals surface area contributed by atoms with Crippen LogP contribution >= 0.6 is 0 Å². The molecule has 0 radical (unpaired) electrons. The second kappa shape index (κ2) is 9.62. The van der Waals surface area contributed by atoms with E-state index in [1.54, 1.807) is 0 Å². The Labute approximate surface area is 210 Å². The summed E-state index contributed by atoms with van der Waals surface area (Å²) in [6.07, 6.45) is 6.41. The molecule has 0 amide bonds. The van der Waals surface area contributed by atoms with Crippen LogP contribution in [0, 0.1) is 0 Å². The summed E-state index contributed by atoms with van der Waals surface area (Å²) in [5, 5.41) is 4.35. The molecule has 2 N–H and O–H groups in total. The number of benzene rings is 2. The zero-order valence-electron chi connectivity index (χ0n) is 20.7. The molecule has 0 aliphatic carbocycles. The van der Waals surface area contributed by atoms with Crippen molar-refractivity contribution in [2.45, 2.75) is 32.7 Å². The third-order valence-electron chi connectivity index (χ3n) is 6.81. The van der Waals surface area contributed by atoms with Crippen LogP contribution in [0.5, 0.6) is 5.75 Å². The standard InChI is InChI=1S/C28H31N7O/c1-19(2)35-18-30-24-7-5-6-22(26(24)35)25-23-12-13-29-27(23)33-28(32-25)31-20-8-10-21(11-9-20)36-17-16-34-14-3-4-15-34/h5-13,18-19H,3-4,14-17H2,1-2H3,(H2,29,31,32,33). The van der Waals surface area contributed by atoms with Gasteiger partial charge < -0.3 is 19.6 Å². The van der Waals surface area contributed by atoms with E-state index in [-0.39, 0.29) is 6.04 Å². The highest BCUT2D eigenvalue weighted by Gasteiger charge is 2.17. The molecule has 6 rings (SSSR count). The predicted molar refractivity (Wildman–Crippen MR) is 144 cm³/mol. The second-order valence-corrected chi connectivity index (χ2v) is 9.60. The van der Waals surface area contributed by atoms with Crippen LogP contribution < -0.4 is 10.1 Å². The van der Waals surface area contributed by atoms with E-state index in [0.717, 1.165) is 51.3 Å². The smallest absolute Gasteiger partial charge is 0.229 e. The minimum absolute atomic E-state index is 0.286. The topological polar surface area (TPSA) is 83.9 Å². The third-order valence-corrected chi connectivity index (χ3v) is 6.81. The molecule has 36 heavy (non-hydrogen) atoms. The lowest BCUT2D eigenvalue weighted by Crippen LogP contribution is -2.25. The Kier molecular flexibility index (Phi) is 6.03. The molecular weight excluding hydrogens is 450 g/mol. The largest absolute Gasteiger partial charge is 0.492 e. The van der Waals surface area contributed by atoms with Crippen LogP contribution in [0.2, 0.25) is 0 Å². The molecule has 0 atom stereocenters. The minimum Gasteiger partial charge on any atom is -0.492 e. The molecule has 8 heteroatoms. The number of hydrogen-bond donors (Lipinski definition) is 2. The maximum absolute atomic E-state index is 5.95. The van der Waals surface area contributed by atoms with Crippen LogP contribution in [-0.4, -0.2) is 55.6 Å². The number of aromatic amines is 1. The average molecular weight is 482 g/mol. The average Bonchev–Trinajstić information content (AvgIpc) is 3.65. The van der Waals surface area contributed by atoms with E-state index in [4.69, 9.17) is 14.7 Å². The van der Waals surface area contributed by atoms with Gasteiger partial charge in [-0.3, -0.25) is 4.90 Å². The van der Waals surface area contributed by atoms with E-state index in [0.29, 0.717) is 12.6 Å². The summed E-state index contributed by atoms with van der Waals surface area (Å²) in [5.74, 6) is 1.41. The fourth-order valence-corrected chi connectivity index (χ4v) is 4.94. The molecule has 0 saturated carbocycles. The summed E-state index contributed by atoms with van der Waals surface area (Å²) < 4.78 is 8.14. The number of nitrogens with one attached hydrogen (secondary N) is 2.